The molecule has 226 valence electrons. The Kier molecular flexibility index (Phi) is 15.3. The van der Waals surface area contributed by atoms with Crippen LogP contribution in [0.25, 0.3) is 0 Å². The maximum absolute atomic E-state index is 2.68. The highest BCUT2D eigenvalue weighted by Gasteiger charge is 2.48. The lowest BCUT2D eigenvalue weighted by Crippen LogP contribution is -2.41. The first-order valence-corrected chi connectivity index (χ1v) is 17.4. The van der Waals surface area contributed by atoms with Crippen molar-refractivity contribution in [3.63, 3.8) is 0 Å². The molecule has 5 unspecified atom stereocenters. The third-order valence-corrected chi connectivity index (χ3v) is 12.4. The standard InChI is InChI=1S/C38H74/c1-13-17-19-20-22-31(5)24-25-32(6)38(16-4)27-21-26-37(12,28-29-38)36(10,11)30-35(8,9)33(7)34(15-3)23-18-14-2/h15,31-33H,13-14,16-30H2,1-12H3. The zero-order chi connectivity index (χ0) is 29.0. The van der Waals surface area contributed by atoms with Crippen LogP contribution >= 0.6 is 0 Å². The summed E-state index contributed by atoms with van der Waals surface area (Å²) in [6, 6.07) is 0. The van der Waals surface area contributed by atoms with Gasteiger partial charge in [-0.05, 0) is 97.7 Å². The molecule has 1 aliphatic rings. The van der Waals surface area contributed by atoms with E-state index in [9.17, 15) is 0 Å². The number of rotatable bonds is 18. The molecule has 1 fully saturated rings. The number of hydrogen-bond acceptors (Lipinski definition) is 0. The number of unbranched alkanes of at least 4 members (excludes halogenated alkanes) is 4. The molecule has 0 saturated heterocycles. The van der Waals surface area contributed by atoms with Gasteiger partial charge in [0.25, 0.3) is 0 Å². The summed E-state index contributed by atoms with van der Waals surface area (Å²) in [6.07, 6.45) is 26.2. The van der Waals surface area contributed by atoms with Crippen molar-refractivity contribution in [2.75, 3.05) is 0 Å². The third-order valence-electron chi connectivity index (χ3n) is 12.4. The molecule has 0 heterocycles. The van der Waals surface area contributed by atoms with Crippen LogP contribution in [-0.2, 0) is 0 Å². The van der Waals surface area contributed by atoms with Crippen molar-refractivity contribution in [2.45, 2.75) is 192 Å². The van der Waals surface area contributed by atoms with Gasteiger partial charge in [-0.25, -0.2) is 0 Å². The summed E-state index contributed by atoms with van der Waals surface area (Å²) in [6.45, 7) is 30.2. The normalized spacial score (nSPS) is 26.2. The number of allylic oxidation sites excluding steroid dienone is 2. The molecule has 0 bridgehead atoms. The maximum atomic E-state index is 2.68. The zero-order valence-corrected chi connectivity index (χ0v) is 28.8. The molecular weight excluding hydrogens is 456 g/mol. The van der Waals surface area contributed by atoms with E-state index >= 15 is 0 Å². The maximum Gasteiger partial charge on any atom is -0.0180 e. The summed E-state index contributed by atoms with van der Waals surface area (Å²) in [4.78, 5) is 0. The molecule has 0 radical (unpaired) electrons. The lowest BCUT2D eigenvalue weighted by molar-refractivity contribution is 0.00637. The smallest absolute Gasteiger partial charge is 0.0180 e. The van der Waals surface area contributed by atoms with Crippen molar-refractivity contribution < 1.29 is 0 Å². The van der Waals surface area contributed by atoms with Gasteiger partial charge in [-0.2, -0.15) is 0 Å². The molecule has 0 spiro atoms. The van der Waals surface area contributed by atoms with Crippen LogP contribution in [0.2, 0.25) is 0 Å². The quantitative estimate of drug-likeness (QED) is 0.0938. The highest BCUT2D eigenvalue weighted by atomic mass is 14.5. The zero-order valence-electron chi connectivity index (χ0n) is 28.8. The first-order chi connectivity index (χ1) is 17.7. The van der Waals surface area contributed by atoms with Crippen LogP contribution in [0.3, 0.4) is 0 Å². The lowest BCUT2D eigenvalue weighted by atomic mass is 9.55. The van der Waals surface area contributed by atoms with E-state index in [1.54, 1.807) is 5.57 Å². The van der Waals surface area contributed by atoms with E-state index in [1.165, 1.54) is 109 Å². The highest BCUT2D eigenvalue weighted by Crippen LogP contribution is 2.59. The van der Waals surface area contributed by atoms with Crippen LogP contribution in [0.5, 0.6) is 0 Å². The van der Waals surface area contributed by atoms with Gasteiger partial charge in [-0.15, -0.1) is 0 Å². The molecule has 0 aromatic carbocycles. The summed E-state index contributed by atoms with van der Waals surface area (Å²) < 4.78 is 0. The van der Waals surface area contributed by atoms with E-state index in [4.69, 9.17) is 0 Å². The fraction of sp³-hybridized carbons (Fsp3) is 0.947. The van der Waals surface area contributed by atoms with Crippen molar-refractivity contribution >= 4 is 0 Å². The van der Waals surface area contributed by atoms with Gasteiger partial charge in [0, 0.05) is 0 Å². The van der Waals surface area contributed by atoms with Crippen LogP contribution in [-0.4, -0.2) is 0 Å². The van der Waals surface area contributed by atoms with Gasteiger partial charge in [-0.3, -0.25) is 0 Å². The Balaban J connectivity index is 2.88. The van der Waals surface area contributed by atoms with Gasteiger partial charge in [-0.1, -0.05) is 146 Å². The molecule has 1 saturated carbocycles. The molecule has 1 aliphatic carbocycles. The van der Waals surface area contributed by atoms with E-state index in [0.29, 0.717) is 27.6 Å². The van der Waals surface area contributed by atoms with E-state index in [1.807, 2.05) is 0 Å². The van der Waals surface area contributed by atoms with Gasteiger partial charge in [0.15, 0.2) is 0 Å². The van der Waals surface area contributed by atoms with Crippen LogP contribution in [0.4, 0.5) is 0 Å². The van der Waals surface area contributed by atoms with Crippen molar-refractivity contribution in [2.24, 2.45) is 39.4 Å². The molecule has 0 aromatic rings. The summed E-state index contributed by atoms with van der Waals surface area (Å²) in [5.74, 6) is 2.43. The van der Waals surface area contributed by atoms with E-state index < -0.39 is 0 Å². The van der Waals surface area contributed by atoms with Gasteiger partial charge >= 0.3 is 0 Å². The molecule has 38 heavy (non-hydrogen) atoms. The van der Waals surface area contributed by atoms with Crippen molar-refractivity contribution in [3.8, 4) is 0 Å². The largest absolute Gasteiger partial charge is 0.0882 e. The van der Waals surface area contributed by atoms with Crippen molar-refractivity contribution in [3.05, 3.63) is 11.6 Å². The molecule has 0 amide bonds. The average Bonchev–Trinajstić information content (AvgIpc) is 3.05. The van der Waals surface area contributed by atoms with Crippen molar-refractivity contribution in [1.29, 1.82) is 0 Å². The molecule has 1 rings (SSSR count). The van der Waals surface area contributed by atoms with Gasteiger partial charge in [0.1, 0.15) is 0 Å². The summed E-state index contributed by atoms with van der Waals surface area (Å²) in [5.41, 5.74) is 3.38. The minimum Gasteiger partial charge on any atom is -0.0882 e. The molecule has 5 atom stereocenters. The topological polar surface area (TPSA) is 0 Å². The summed E-state index contributed by atoms with van der Waals surface area (Å²) in [5, 5.41) is 0. The Morgan fingerprint density at radius 2 is 1.45 bits per heavy atom. The Bertz CT molecular complexity index is 666. The molecule has 0 aliphatic heterocycles. The van der Waals surface area contributed by atoms with Crippen LogP contribution in [0.1, 0.15) is 192 Å². The number of hydrogen-bond donors (Lipinski definition) is 0. The summed E-state index contributed by atoms with van der Waals surface area (Å²) in [7, 11) is 0. The van der Waals surface area contributed by atoms with E-state index in [-0.39, 0.29) is 0 Å². The Labute approximate surface area is 243 Å². The second kappa shape index (κ2) is 16.2. The Morgan fingerprint density at radius 3 is 2.03 bits per heavy atom. The molecule has 0 N–H and O–H groups in total. The molecule has 0 nitrogen and oxygen atoms in total. The van der Waals surface area contributed by atoms with Crippen molar-refractivity contribution in [1.82, 2.24) is 0 Å². The fourth-order valence-electron chi connectivity index (χ4n) is 8.38. The molecule has 0 heteroatoms. The van der Waals surface area contributed by atoms with Crippen LogP contribution < -0.4 is 0 Å². The van der Waals surface area contributed by atoms with Gasteiger partial charge < -0.3 is 0 Å². The third kappa shape index (κ3) is 9.98. The second-order valence-electron chi connectivity index (χ2n) is 15.8. The summed E-state index contributed by atoms with van der Waals surface area (Å²) >= 11 is 0. The predicted octanol–water partition coefficient (Wildman–Crippen LogP) is 13.6. The van der Waals surface area contributed by atoms with Gasteiger partial charge in [0.2, 0.25) is 0 Å². The SMILES string of the molecule is CC=C(CCCC)C(C)C(C)(C)CC(C)(C)C1(C)CCCC(CC)(C(C)CCC(C)CCCCCC)CC1. The average molecular weight is 531 g/mol. The first-order valence-electron chi connectivity index (χ1n) is 17.4. The van der Waals surface area contributed by atoms with Crippen LogP contribution in [0.15, 0.2) is 11.6 Å². The van der Waals surface area contributed by atoms with Crippen LogP contribution in [0, 0.1) is 39.4 Å². The van der Waals surface area contributed by atoms with E-state index in [2.05, 4.69) is 89.2 Å². The first kappa shape index (κ1) is 35.8. The molecular formula is C38H74. The lowest BCUT2D eigenvalue weighted by Gasteiger charge is -2.50. The van der Waals surface area contributed by atoms with E-state index in [0.717, 1.165) is 11.8 Å². The minimum atomic E-state index is 0.330. The Morgan fingerprint density at radius 1 is 0.789 bits per heavy atom. The fourth-order valence-corrected chi connectivity index (χ4v) is 8.38. The monoisotopic (exact) mass is 531 g/mol. The second-order valence-corrected chi connectivity index (χ2v) is 15.8. The minimum absolute atomic E-state index is 0.330. The van der Waals surface area contributed by atoms with Gasteiger partial charge in [0.05, 0.1) is 0 Å². The Hall–Kier alpha value is -0.260. The highest BCUT2D eigenvalue weighted by molar-refractivity contribution is 5.10. The predicted molar refractivity (Wildman–Crippen MR) is 175 cm³/mol. The molecule has 0 aromatic heterocycles.